The van der Waals surface area contributed by atoms with Crippen LogP contribution in [0.4, 0.5) is 0 Å². The van der Waals surface area contributed by atoms with Gasteiger partial charge in [-0.15, -0.1) is 0 Å². The zero-order chi connectivity index (χ0) is 20.5. The van der Waals surface area contributed by atoms with Gasteiger partial charge in [-0.05, 0) is 37.6 Å². The highest BCUT2D eigenvalue weighted by Gasteiger charge is 2.66. The number of carboxylic acid groups (broad SMARTS) is 1. The maximum Gasteiger partial charge on any atom is 0.330 e. The van der Waals surface area contributed by atoms with Gasteiger partial charge in [0.15, 0.2) is 0 Å². The van der Waals surface area contributed by atoms with Gasteiger partial charge in [0.05, 0.1) is 11.8 Å². The average Bonchev–Trinajstić information content (AvgIpc) is 2.67. The molecule has 1 aromatic carbocycles. The Hall–Kier alpha value is -2.73. The second-order valence-corrected chi connectivity index (χ2v) is 7.73. The molecular weight excluding hydrogens is 356 g/mol. The van der Waals surface area contributed by atoms with E-state index in [0.717, 1.165) is 16.8 Å². The van der Waals surface area contributed by atoms with Crippen LogP contribution in [0.25, 0.3) is 11.3 Å². The maximum atomic E-state index is 13.1. The lowest BCUT2D eigenvalue weighted by atomic mass is 9.54. The monoisotopic (exact) mass is 382 g/mol. The van der Waals surface area contributed by atoms with Gasteiger partial charge in [-0.1, -0.05) is 32.0 Å². The summed E-state index contributed by atoms with van der Waals surface area (Å²) in [7, 11) is 0. The van der Waals surface area contributed by atoms with Crippen molar-refractivity contribution in [2.45, 2.75) is 45.8 Å². The number of aliphatic carboxylic acids is 1. The number of nitrogens with one attached hydrogen (secondary N) is 1. The van der Waals surface area contributed by atoms with Gasteiger partial charge in [0.2, 0.25) is 0 Å². The molecular formula is C22H26N2O4. The number of hydrogen-bond donors (Lipinski definition) is 2. The molecule has 2 unspecified atom stereocenters. The molecule has 0 spiro atoms. The molecule has 148 valence electrons. The molecule has 1 heterocycles. The van der Waals surface area contributed by atoms with Crippen LogP contribution in [0.1, 0.15) is 43.1 Å². The lowest BCUT2D eigenvalue weighted by molar-refractivity contribution is -0.190. The predicted octanol–water partition coefficient (Wildman–Crippen LogP) is 3.45. The number of amides is 1. The van der Waals surface area contributed by atoms with Crippen molar-refractivity contribution in [3.63, 3.8) is 0 Å². The number of nitrogens with zero attached hydrogens (tertiary/aromatic N) is 1. The minimum atomic E-state index is -1.36. The molecule has 1 aliphatic rings. The number of ether oxygens (including phenoxy) is 1. The first-order valence-corrected chi connectivity index (χ1v) is 9.43. The molecule has 2 atom stereocenters. The first-order valence-electron chi connectivity index (χ1n) is 9.43. The molecule has 1 fully saturated rings. The Morgan fingerprint density at radius 3 is 2.57 bits per heavy atom. The molecule has 0 aliphatic heterocycles. The molecule has 1 aromatic heterocycles. The SMILES string of the molecule is CCOC1CC(NC(=O)c2cccc(-c3ccccn3)c2C)(C(=O)O)C1(C)C. The fraction of sp³-hybridized carbons (Fsp3) is 0.409. The predicted molar refractivity (Wildman–Crippen MR) is 106 cm³/mol. The van der Waals surface area contributed by atoms with Crippen LogP contribution in [0.15, 0.2) is 42.6 Å². The summed E-state index contributed by atoms with van der Waals surface area (Å²) in [5, 5.41) is 12.7. The third-order valence-electron chi connectivity index (χ3n) is 5.98. The van der Waals surface area contributed by atoms with Crippen LogP contribution in [0.2, 0.25) is 0 Å². The molecule has 2 N–H and O–H groups in total. The summed E-state index contributed by atoms with van der Waals surface area (Å²) in [6.07, 6.45) is 1.73. The van der Waals surface area contributed by atoms with E-state index < -0.39 is 22.8 Å². The van der Waals surface area contributed by atoms with E-state index >= 15 is 0 Å². The van der Waals surface area contributed by atoms with Crippen molar-refractivity contribution in [2.24, 2.45) is 5.41 Å². The van der Waals surface area contributed by atoms with E-state index in [2.05, 4.69) is 10.3 Å². The number of aromatic nitrogens is 1. The Bertz CT molecular complexity index is 895. The average molecular weight is 382 g/mol. The second kappa shape index (κ2) is 7.36. The van der Waals surface area contributed by atoms with Crippen LogP contribution in [-0.2, 0) is 9.53 Å². The Labute approximate surface area is 164 Å². The summed E-state index contributed by atoms with van der Waals surface area (Å²) in [6.45, 7) is 7.87. The lowest BCUT2D eigenvalue weighted by Crippen LogP contribution is -2.76. The lowest BCUT2D eigenvalue weighted by Gasteiger charge is -2.58. The largest absolute Gasteiger partial charge is 0.479 e. The Balaban J connectivity index is 1.92. The molecule has 1 amide bonds. The van der Waals surface area contributed by atoms with E-state index in [1.54, 1.807) is 18.3 Å². The van der Waals surface area contributed by atoms with Gasteiger partial charge in [-0.2, -0.15) is 0 Å². The van der Waals surface area contributed by atoms with Crippen LogP contribution in [-0.4, -0.2) is 40.2 Å². The Morgan fingerprint density at radius 1 is 1.25 bits per heavy atom. The summed E-state index contributed by atoms with van der Waals surface area (Å²) in [5.41, 5.74) is 0.729. The first-order chi connectivity index (χ1) is 13.2. The fourth-order valence-electron chi connectivity index (χ4n) is 3.98. The molecule has 1 aliphatic carbocycles. The van der Waals surface area contributed by atoms with E-state index in [0.29, 0.717) is 12.2 Å². The van der Waals surface area contributed by atoms with Gasteiger partial charge in [0.25, 0.3) is 5.91 Å². The highest BCUT2D eigenvalue weighted by molar-refractivity contribution is 6.01. The molecule has 2 aromatic rings. The summed E-state index contributed by atoms with van der Waals surface area (Å²) in [4.78, 5) is 29.6. The van der Waals surface area contributed by atoms with Crippen molar-refractivity contribution >= 4 is 11.9 Å². The van der Waals surface area contributed by atoms with E-state index in [1.807, 2.05) is 52.0 Å². The molecule has 3 rings (SSSR count). The Morgan fingerprint density at radius 2 is 2.00 bits per heavy atom. The van der Waals surface area contributed by atoms with Gasteiger partial charge in [-0.3, -0.25) is 9.78 Å². The number of carboxylic acids is 1. The zero-order valence-electron chi connectivity index (χ0n) is 16.7. The molecule has 6 nitrogen and oxygen atoms in total. The fourth-order valence-corrected chi connectivity index (χ4v) is 3.98. The smallest absolute Gasteiger partial charge is 0.330 e. The number of benzene rings is 1. The van der Waals surface area contributed by atoms with Gasteiger partial charge in [0, 0.05) is 35.8 Å². The third kappa shape index (κ3) is 3.07. The molecule has 0 radical (unpaired) electrons. The van der Waals surface area contributed by atoms with Gasteiger partial charge >= 0.3 is 5.97 Å². The molecule has 6 heteroatoms. The number of pyridine rings is 1. The summed E-state index contributed by atoms with van der Waals surface area (Å²) in [5.74, 6) is -1.44. The first kappa shape index (κ1) is 20.0. The third-order valence-corrected chi connectivity index (χ3v) is 5.98. The molecule has 0 bridgehead atoms. The normalized spacial score (nSPS) is 22.9. The van der Waals surface area contributed by atoms with Crippen LogP contribution < -0.4 is 5.32 Å². The summed E-state index contributed by atoms with van der Waals surface area (Å²) < 4.78 is 5.66. The van der Waals surface area contributed by atoms with Crippen molar-refractivity contribution < 1.29 is 19.4 Å². The van der Waals surface area contributed by atoms with Gasteiger partial charge in [0.1, 0.15) is 5.54 Å². The topological polar surface area (TPSA) is 88.5 Å². The van der Waals surface area contributed by atoms with Crippen LogP contribution in [0, 0.1) is 12.3 Å². The summed E-state index contributed by atoms with van der Waals surface area (Å²) >= 11 is 0. The molecule has 0 saturated heterocycles. The second-order valence-electron chi connectivity index (χ2n) is 7.73. The van der Waals surface area contributed by atoms with Crippen molar-refractivity contribution in [3.05, 3.63) is 53.7 Å². The van der Waals surface area contributed by atoms with E-state index in [1.165, 1.54) is 0 Å². The minimum absolute atomic E-state index is 0.213. The van der Waals surface area contributed by atoms with Gasteiger partial charge in [-0.25, -0.2) is 4.79 Å². The minimum Gasteiger partial charge on any atom is -0.479 e. The van der Waals surface area contributed by atoms with E-state index in [-0.39, 0.29) is 12.5 Å². The molecule has 1 saturated carbocycles. The van der Waals surface area contributed by atoms with Crippen LogP contribution in [0.5, 0.6) is 0 Å². The van der Waals surface area contributed by atoms with E-state index in [4.69, 9.17) is 4.74 Å². The highest BCUT2D eigenvalue weighted by Crippen LogP contribution is 2.51. The maximum absolute atomic E-state index is 13.1. The number of hydrogen-bond acceptors (Lipinski definition) is 4. The van der Waals surface area contributed by atoms with Crippen LogP contribution >= 0.6 is 0 Å². The van der Waals surface area contributed by atoms with Gasteiger partial charge < -0.3 is 15.2 Å². The highest BCUT2D eigenvalue weighted by atomic mass is 16.5. The number of carbonyl (C=O) groups excluding carboxylic acids is 1. The van der Waals surface area contributed by atoms with Crippen LogP contribution in [0.3, 0.4) is 0 Å². The standard InChI is InChI=1S/C22H26N2O4/c1-5-28-18-13-22(20(26)27,21(18,3)4)24-19(25)16-10-8-9-15(14(16)2)17-11-6-7-12-23-17/h6-12,18H,5,13H2,1-4H3,(H,24,25)(H,26,27). The summed E-state index contributed by atoms with van der Waals surface area (Å²) in [6, 6.07) is 11.0. The Kier molecular flexibility index (Phi) is 5.26. The van der Waals surface area contributed by atoms with E-state index in [9.17, 15) is 14.7 Å². The van der Waals surface area contributed by atoms with Crippen molar-refractivity contribution in [1.82, 2.24) is 10.3 Å². The van der Waals surface area contributed by atoms with Crippen molar-refractivity contribution in [1.29, 1.82) is 0 Å². The number of carbonyl (C=O) groups is 2. The molecule has 28 heavy (non-hydrogen) atoms. The quantitative estimate of drug-likeness (QED) is 0.799. The van der Waals surface area contributed by atoms with Crippen molar-refractivity contribution in [2.75, 3.05) is 6.61 Å². The number of rotatable bonds is 6. The zero-order valence-corrected chi connectivity index (χ0v) is 16.7. The van der Waals surface area contributed by atoms with Crippen molar-refractivity contribution in [3.8, 4) is 11.3 Å².